The average molecular weight is 291 g/mol. The van der Waals surface area contributed by atoms with Crippen molar-refractivity contribution in [2.75, 3.05) is 5.32 Å². The van der Waals surface area contributed by atoms with Gasteiger partial charge in [-0.1, -0.05) is 42.5 Å². The third-order valence-corrected chi connectivity index (χ3v) is 3.40. The monoisotopic (exact) mass is 291 g/mol. The fraction of sp³-hybridized carbons (Fsp3) is 0. The molecule has 0 aliphatic heterocycles. The maximum atomic E-state index is 12.5. The number of carbonyl (C=O) groups is 2. The lowest BCUT2D eigenvalue weighted by atomic mass is 10.0. The molecule has 0 saturated heterocycles. The first-order chi connectivity index (χ1) is 10.6. The molecule has 0 unspecified atom stereocenters. The molecule has 0 spiro atoms. The number of carboxylic acids is 1. The van der Waals surface area contributed by atoms with Gasteiger partial charge in [0.05, 0.1) is 5.56 Å². The number of carboxylic acid groups (broad SMARTS) is 1. The van der Waals surface area contributed by atoms with Crippen LogP contribution in [0.25, 0.3) is 10.8 Å². The standard InChI is InChI=1S/C18H13NO3/c20-17(19-14-8-3-7-13(11-14)18(21)22)16-10-4-6-12-5-1-2-9-15(12)16/h1-11H,(H,19,20)(H,21,22). The van der Waals surface area contributed by atoms with Gasteiger partial charge in [-0.15, -0.1) is 0 Å². The second kappa shape index (κ2) is 5.69. The Bertz CT molecular complexity index is 866. The molecular formula is C18H13NO3. The van der Waals surface area contributed by atoms with Gasteiger partial charge in [-0.25, -0.2) is 4.79 Å². The maximum absolute atomic E-state index is 12.5. The molecule has 4 nitrogen and oxygen atoms in total. The fourth-order valence-corrected chi connectivity index (χ4v) is 2.35. The highest BCUT2D eigenvalue weighted by Gasteiger charge is 2.11. The molecule has 3 aromatic carbocycles. The van der Waals surface area contributed by atoms with Gasteiger partial charge in [-0.05, 0) is 35.0 Å². The molecule has 3 rings (SSSR count). The number of hydrogen-bond acceptors (Lipinski definition) is 2. The third-order valence-electron chi connectivity index (χ3n) is 3.40. The summed E-state index contributed by atoms with van der Waals surface area (Å²) in [6.45, 7) is 0. The van der Waals surface area contributed by atoms with Crippen molar-refractivity contribution >= 4 is 28.3 Å². The van der Waals surface area contributed by atoms with Crippen LogP contribution in [0.2, 0.25) is 0 Å². The van der Waals surface area contributed by atoms with Crippen LogP contribution in [0.3, 0.4) is 0 Å². The van der Waals surface area contributed by atoms with Crippen LogP contribution in [0.15, 0.2) is 66.7 Å². The number of hydrogen-bond donors (Lipinski definition) is 2. The first kappa shape index (κ1) is 13.8. The third kappa shape index (κ3) is 2.67. The Hall–Kier alpha value is -3.14. The Kier molecular flexibility index (Phi) is 3.58. The lowest BCUT2D eigenvalue weighted by molar-refractivity contribution is 0.0696. The first-order valence-electron chi connectivity index (χ1n) is 6.77. The summed E-state index contributed by atoms with van der Waals surface area (Å²) >= 11 is 0. The summed E-state index contributed by atoms with van der Waals surface area (Å²) in [5.74, 6) is -1.29. The van der Waals surface area contributed by atoms with Gasteiger partial charge in [-0.3, -0.25) is 4.79 Å². The van der Waals surface area contributed by atoms with Crippen LogP contribution in [0.5, 0.6) is 0 Å². The zero-order valence-electron chi connectivity index (χ0n) is 11.6. The van der Waals surface area contributed by atoms with Crippen LogP contribution >= 0.6 is 0 Å². The van der Waals surface area contributed by atoms with E-state index in [1.165, 1.54) is 12.1 Å². The molecule has 0 heterocycles. The zero-order chi connectivity index (χ0) is 15.5. The smallest absolute Gasteiger partial charge is 0.335 e. The quantitative estimate of drug-likeness (QED) is 0.771. The summed E-state index contributed by atoms with van der Waals surface area (Å²) in [6.07, 6.45) is 0. The van der Waals surface area contributed by atoms with Gasteiger partial charge in [-0.2, -0.15) is 0 Å². The molecule has 4 heteroatoms. The van der Waals surface area contributed by atoms with Crippen LogP contribution < -0.4 is 5.32 Å². The van der Waals surface area contributed by atoms with E-state index in [-0.39, 0.29) is 11.5 Å². The molecule has 0 aliphatic rings. The minimum Gasteiger partial charge on any atom is -0.478 e. The molecule has 0 bridgehead atoms. The Balaban J connectivity index is 1.94. The highest BCUT2D eigenvalue weighted by atomic mass is 16.4. The molecule has 0 aromatic heterocycles. The minimum absolute atomic E-state index is 0.135. The molecule has 2 N–H and O–H groups in total. The van der Waals surface area contributed by atoms with Crippen molar-refractivity contribution in [2.24, 2.45) is 0 Å². The highest BCUT2D eigenvalue weighted by Crippen LogP contribution is 2.20. The molecule has 108 valence electrons. The van der Waals surface area contributed by atoms with Gasteiger partial charge in [0.2, 0.25) is 0 Å². The van der Waals surface area contributed by atoms with Crippen molar-refractivity contribution in [1.29, 1.82) is 0 Å². The number of amides is 1. The average Bonchev–Trinajstić information content (AvgIpc) is 2.54. The van der Waals surface area contributed by atoms with E-state index in [9.17, 15) is 9.59 Å². The lowest BCUT2D eigenvalue weighted by Gasteiger charge is -2.08. The van der Waals surface area contributed by atoms with E-state index in [0.29, 0.717) is 11.3 Å². The zero-order valence-corrected chi connectivity index (χ0v) is 11.6. The van der Waals surface area contributed by atoms with Gasteiger partial charge in [0.25, 0.3) is 5.91 Å². The Labute approximate surface area is 127 Å². The number of benzene rings is 3. The van der Waals surface area contributed by atoms with Crippen molar-refractivity contribution < 1.29 is 14.7 Å². The molecule has 1 amide bonds. The summed E-state index contributed by atoms with van der Waals surface area (Å²) in [4.78, 5) is 23.4. The van der Waals surface area contributed by atoms with E-state index in [2.05, 4.69) is 5.32 Å². The van der Waals surface area contributed by atoms with Crippen molar-refractivity contribution in [3.63, 3.8) is 0 Å². The summed E-state index contributed by atoms with van der Waals surface area (Å²) < 4.78 is 0. The van der Waals surface area contributed by atoms with E-state index in [0.717, 1.165) is 10.8 Å². The summed E-state index contributed by atoms with van der Waals surface area (Å²) in [5, 5.41) is 13.6. The van der Waals surface area contributed by atoms with Crippen LogP contribution in [-0.2, 0) is 0 Å². The van der Waals surface area contributed by atoms with Crippen molar-refractivity contribution in [1.82, 2.24) is 0 Å². The van der Waals surface area contributed by atoms with E-state index in [4.69, 9.17) is 5.11 Å². The van der Waals surface area contributed by atoms with Crippen molar-refractivity contribution in [2.45, 2.75) is 0 Å². The van der Waals surface area contributed by atoms with Gasteiger partial charge in [0.1, 0.15) is 0 Å². The number of anilines is 1. The number of fused-ring (bicyclic) bond motifs is 1. The van der Waals surface area contributed by atoms with E-state index >= 15 is 0 Å². The Morgan fingerprint density at radius 1 is 0.864 bits per heavy atom. The van der Waals surface area contributed by atoms with Crippen LogP contribution in [0, 0.1) is 0 Å². The van der Waals surface area contributed by atoms with E-state index in [1.807, 2.05) is 36.4 Å². The normalized spacial score (nSPS) is 10.4. The highest BCUT2D eigenvalue weighted by molar-refractivity contribution is 6.13. The van der Waals surface area contributed by atoms with Gasteiger partial charge in [0.15, 0.2) is 0 Å². The van der Waals surface area contributed by atoms with Crippen molar-refractivity contribution in [3.05, 3.63) is 77.9 Å². The van der Waals surface area contributed by atoms with E-state index < -0.39 is 5.97 Å². The minimum atomic E-state index is -1.03. The summed E-state index contributed by atoms with van der Waals surface area (Å²) in [5.41, 5.74) is 1.15. The van der Waals surface area contributed by atoms with Crippen LogP contribution in [-0.4, -0.2) is 17.0 Å². The topological polar surface area (TPSA) is 66.4 Å². The van der Waals surface area contributed by atoms with E-state index in [1.54, 1.807) is 18.2 Å². The lowest BCUT2D eigenvalue weighted by Crippen LogP contribution is -2.12. The fourth-order valence-electron chi connectivity index (χ4n) is 2.35. The number of carbonyl (C=O) groups excluding carboxylic acids is 1. The molecular weight excluding hydrogens is 278 g/mol. The van der Waals surface area contributed by atoms with Gasteiger partial charge in [0, 0.05) is 11.3 Å². The summed E-state index contributed by atoms with van der Waals surface area (Å²) in [6, 6.07) is 19.3. The molecule has 0 radical (unpaired) electrons. The van der Waals surface area contributed by atoms with Crippen LogP contribution in [0.4, 0.5) is 5.69 Å². The number of aromatic carboxylic acids is 1. The Morgan fingerprint density at radius 3 is 2.41 bits per heavy atom. The molecule has 3 aromatic rings. The van der Waals surface area contributed by atoms with Gasteiger partial charge < -0.3 is 10.4 Å². The maximum Gasteiger partial charge on any atom is 0.335 e. The van der Waals surface area contributed by atoms with Gasteiger partial charge >= 0.3 is 5.97 Å². The first-order valence-corrected chi connectivity index (χ1v) is 6.77. The molecule has 0 atom stereocenters. The number of rotatable bonds is 3. The van der Waals surface area contributed by atoms with Crippen LogP contribution in [0.1, 0.15) is 20.7 Å². The van der Waals surface area contributed by atoms with Crippen molar-refractivity contribution in [3.8, 4) is 0 Å². The molecule has 0 aliphatic carbocycles. The number of nitrogens with one attached hydrogen (secondary N) is 1. The largest absolute Gasteiger partial charge is 0.478 e. The predicted octanol–water partition coefficient (Wildman–Crippen LogP) is 3.79. The molecule has 0 fully saturated rings. The SMILES string of the molecule is O=C(O)c1cccc(NC(=O)c2cccc3ccccc23)c1. The second-order valence-electron chi connectivity index (χ2n) is 4.87. The predicted molar refractivity (Wildman–Crippen MR) is 85.3 cm³/mol. The Morgan fingerprint density at radius 2 is 1.59 bits per heavy atom. The second-order valence-corrected chi connectivity index (χ2v) is 4.87. The molecule has 22 heavy (non-hydrogen) atoms. The summed E-state index contributed by atoms with van der Waals surface area (Å²) in [7, 11) is 0. The molecule has 0 saturated carbocycles.